The van der Waals surface area contributed by atoms with Crippen molar-refractivity contribution in [1.29, 1.82) is 0 Å². The van der Waals surface area contributed by atoms with E-state index in [2.05, 4.69) is 23.3 Å². The molecule has 1 unspecified atom stereocenters. The van der Waals surface area contributed by atoms with Crippen LogP contribution in [-0.4, -0.2) is 55.7 Å². The highest BCUT2D eigenvalue weighted by Crippen LogP contribution is 2.10. The summed E-state index contributed by atoms with van der Waals surface area (Å²) in [5.74, 6) is 0. The summed E-state index contributed by atoms with van der Waals surface area (Å²) >= 11 is 0. The number of hydrogen-bond donors (Lipinski definition) is 0. The van der Waals surface area contributed by atoms with Crippen LogP contribution in [0.4, 0.5) is 0 Å². The molecule has 1 fully saturated rings. The molecule has 0 N–H and O–H groups in total. The van der Waals surface area contributed by atoms with Crippen LogP contribution in [0.2, 0.25) is 0 Å². The van der Waals surface area contributed by atoms with Gasteiger partial charge in [-0.2, -0.15) is 0 Å². The summed E-state index contributed by atoms with van der Waals surface area (Å²) in [5.41, 5.74) is 0. The lowest BCUT2D eigenvalue weighted by atomic mass is 10.1. The van der Waals surface area contributed by atoms with E-state index in [1.807, 2.05) is 6.20 Å². The molecule has 0 radical (unpaired) electrons. The molecule has 14 heavy (non-hydrogen) atoms. The third kappa shape index (κ3) is 3.00. The van der Waals surface area contributed by atoms with Crippen molar-refractivity contribution in [2.75, 3.05) is 39.9 Å². The van der Waals surface area contributed by atoms with Crippen LogP contribution < -0.4 is 0 Å². The minimum atomic E-state index is 0.534. The van der Waals surface area contributed by atoms with Gasteiger partial charge in [-0.25, -0.2) is 0 Å². The van der Waals surface area contributed by atoms with Crippen LogP contribution in [0.1, 0.15) is 13.3 Å². The van der Waals surface area contributed by atoms with E-state index in [9.17, 15) is 0 Å². The van der Waals surface area contributed by atoms with Gasteiger partial charge in [0.15, 0.2) is 0 Å². The summed E-state index contributed by atoms with van der Waals surface area (Å²) in [6, 6.07) is 0.534. The van der Waals surface area contributed by atoms with Crippen molar-refractivity contribution in [2.45, 2.75) is 19.4 Å². The first-order valence-electron chi connectivity index (χ1n) is 5.41. The molecule has 1 saturated heterocycles. The van der Waals surface area contributed by atoms with Gasteiger partial charge in [-0.15, -0.1) is 0 Å². The molecule has 1 aliphatic heterocycles. The summed E-state index contributed by atoms with van der Waals surface area (Å²) in [6.07, 6.45) is 3.15. The Balaban J connectivity index is 2.46. The van der Waals surface area contributed by atoms with Crippen LogP contribution in [0.5, 0.6) is 0 Å². The fourth-order valence-electron chi connectivity index (χ4n) is 2.01. The molecular weight excluding hydrogens is 176 g/mol. The third-order valence-electron chi connectivity index (χ3n) is 2.76. The molecule has 0 aromatic rings. The van der Waals surface area contributed by atoms with Gasteiger partial charge < -0.3 is 9.64 Å². The van der Waals surface area contributed by atoms with Crippen LogP contribution in [0.3, 0.4) is 0 Å². The second kappa shape index (κ2) is 6.04. The maximum absolute atomic E-state index is 5.25. The number of ether oxygens (including phenoxy) is 1. The van der Waals surface area contributed by atoms with Gasteiger partial charge in [-0.05, 0) is 19.2 Å². The summed E-state index contributed by atoms with van der Waals surface area (Å²) in [6.45, 7) is 11.3. The largest absolute Gasteiger partial charge is 0.383 e. The molecule has 1 atom stereocenters. The van der Waals surface area contributed by atoms with E-state index in [0.29, 0.717) is 6.04 Å². The van der Waals surface area contributed by atoms with Crippen molar-refractivity contribution < 1.29 is 4.74 Å². The van der Waals surface area contributed by atoms with Crippen LogP contribution in [0, 0.1) is 0 Å². The van der Waals surface area contributed by atoms with Gasteiger partial charge in [0.1, 0.15) is 0 Å². The first-order valence-corrected chi connectivity index (χ1v) is 5.41. The first kappa shape index (κ1) is 11.5. The molecule has 0 aromatic carbocycles. The molecule has 0 amide bonds. The Morgan fingerprint density at radius 3 is 2.86 bits per heavy atom. The van der Waals surface area contributed by atoms with Crippen molar-refractivity contribution in [3.63, 3.8) is 0 Å². The zero-order chi connectivity index (χ0) is 10.4. The highest BCUT2D eigenvalue weighted by Gasteiger charge is 2.24. The Morgan fingerprint density at radius 2 is 2.29 bits per heavy atom. The van der Waals surface area contributed by atoms with Crippen molar-refractivity contribution in [1.82, 2.24) is 9.80 Å². The summed E-state index contributed by atoms with van der Waals surface area (Å²) < 4.78 is 5.25. The van der Waals surface area contributed by atoms with Gasteiger partial charge >= 0.3 is 0 Å². The Labute approximate surface area is 87.3 Å². The average molecular weight is 198 g/mol. The fraction of sp³-hybridized carbons (Fsp3) is 0.818. The Bertz CT molecular complexity index is 173. The lowest BCUT2D eigenvalue weighted by molar-refractivity contribution is 0.0411. The Morgan fingerprint density at radius 1 is 1.50 bits per heavy atom. The highest BCUT2D eigenvalue weighted by molar-refractivity contribution is 4.85. The van der Waals surface area contributed by atoms with Gasteiger partial charge in [-0.3, -0.25) is 4.90 Å². The van der Waals surface area contributed by atoms with Gasteiger partial charge in [-0.1, -0.05) is 13.5 Å². The Hall–Kier alpha value is -0.540. The monoisotopic (exact) mass is 198 g/mol. The van der Waals surface area contributed by atoms with E-state index in [-0.39, 0.29) is 0 Å². The van der Waals surface area contributed by atoms with Gasteiger partial charge in [0.2, 0.25) is 0 Å². The van der Waals surface area contributed by atoms with Crippen molar-refractivity contribution in [3.8, 4) is 0 Å². The van der Waals surface area contributed by atoms with E-state index in [1.165, 1.54) is 13.0 Å². The molecule has 0 saturated carbocycles. The predicted octanol–water partition coefficient (Wildman–Crippen LogP) is 1.17. The third-order valence-corrected chi connectivity index (χ3v) is 2.76. The lowest BCUT2D eigenvalue weighted by Crippen LogP contribution is -2.53. The molecule has 82 valence electrons. The Kier molecular flexibility index (Phi) is 4.98. The van der Waals surface area contributed by atoms with E-state index in [4.69, 9.17) is 4.74 Å². The highest BCUT2D eigenvalue weighted by atomic mass is 16.5. The molecule has 1 rings (SSSR count). The number of methoxy groups -OCH3 is 1. The minimum Gasteiger partial charge on any atom is -0.383 e. The maximum atomic E-state index is 5.25. The molecular formula is C11H22N2O. The lowest BCUT2D eigenvalue weighted by Gasteiger charge is -2.40. The molecule has 0 bridgehead atoms. The normalized spacial score (nSPS) is 23.9. The first-order chi connectivity index (χ1) is 6.81. The molecule has 1 heterocycles. The summed E-state index contributed by atoms with van der Waals surface area (Å²) in [5, 5.41) is 0. The van der Waals surface area contributed by atoms with Crippen LogP contribution in [-0.2, 0) is 4.74 Å². The van der Waals surface area contributed by atoms with Crippen LogP contribution >= 0.6 is 0 Å². The number of hydrogen-bond acceptors (Lipinski definition) is 3. The van der Waals surface area contributed by atoms with Gasteiger partial charge in [0.05, 0.1) is 12.6 Å². The smallest absolute Gasteiger partial charge is 0.0635 e. The molecule has 0 spiro atoms. The second-order valence-corrected chi connectivity index (χ2v) is 3.82. The average Bonchev–Trinajstić information content (AvgIpc) is 2.21. The SMILES string of the molecule is C=CN1CCN(CCC)C(COC)C1. The van der Waals surface area contributed by atoms with Crippen molar-refractivity contribution in [3.05, 3.63) is 12.8 Å². The molecule has 1 aliphatic rings. The fourth-order valence-corrected chi connectivity index (χ4v) is 2.01. The molecule has 3 nitrogen and oxygen atoms in total. The van der Waals surface area contributed by atoms with E-state index in [0.717, 1.165) is 26.2 Å². The van der Waals surface area contributed by atoms with Crippen LogP contribution in [0.15, 0.2) is 12.8 Å². The van der Waals surface area contributed by atoms with E-state index < -0.39 is 0 Å². The zero-order valence-electron chi connectivity index (χ0n) is 9.41. The maximum Gasteiger partial charge on any atom is 0.0635 e. The topological polar surface area (TPSA) is 15.7 Å². The quantitative estimate of drug-likeness (QED) is 0.659. The number of nitrogens with zero attached hydrogens (tertiary/aromatic N) is 2. The number of rotatable bonds is 5. The van der Waals surface area contributed by atoms with E-state index >= 15 is 0 Å². The summed E-state index contributed by atoms with van der Waals surface area (Å²) in [4.78, 5) is 4.79. The predicted molar refractivity (Wildman–Crippen MR) is 59.3 cm³/mol. The standard InChI is InChI=1S/C11H22N2O/c1-4-6-13-8-7-12(5-2)9-11(13)10-14-3/h5,11H,2,4,6-10H2,1,3H3. The van der Waals surface area contributed by atoms with Crippen molar-refractivity contribution >= 4 is 0 Å². The van der Waals surface area contributed by atoms with Gasteiger partial charge in [0.25, 0.3) is 0 Å². The van der Waals surface area contributed by atoms with E-state index in [1.54, 1.807) is 7.11 Å². The second-order valence-electron chi connectivity index (χ2n) is 3.82. The zero-order valence-corrected chi connectivity index (χ0v) is 9.41. The molecule has 0 aromatic heterocycles. The summed E-state index contributed by atoms with van der Waals surface area (Å²) in [7, 11) is 1.77. The van der Waals surface area contributed by atoms with Crippen LogP contribution in [0.25, 0.3) is 0 Å². The van der Waals surface area contributed by atoms with Gasteiger partial charge in [0, 0.05) is 26.7 Å². The molecule has 3 heteroatoms. The minimum absolute atomic E-state index is 0.534. The van der Waals surface area contributed by atoms with Crippen molar-refractivity contribution in [2.24, 2.45) is 0 Å². The molecule has 0 aliphatic carbocycles. The number of piperazine rings is 1.